The van der Waals surface area contributed by atoms with E-state index in [-0.39, 0.29) is 6.29 Å². The third kappa shape index (κ3) is 4.71. The molecule has 244 valence electrons. The number of nitrogens with zero attached hydrogens (tertiary/aromatic N) is 3. The first-order chi connectivity index (χ1) is 23.3. The van der Waals surface area contributed by atoms with Crippen molar-refractivity contribution in [3.63, 3.8) is 0 Å². The van der Waals surface area contributed by atoms with Gasteiger partial charge in [0.25, 0.3) is 0 Å². The molecule has 4 nitrogen and oxygen atoms in total. The summed E-state index contributed by atoms with van der Waals surface area (Å²) in [6, 6.07) is 1.87. The highest BCUT2D eigenvalue weighted by molar-refractivity contribution is 5.49. The summed E-state index contributed by atoms with van der Waals surface area (Å²) in [6.07, 6.45) is 50.3. The van der Waals surface area contributed by atoms with Crippen LogP contribution in [0.25, 0.3) is 0 Å². The largest absolute Gasteiger partial charge is 0.338 e. The molecule has 3 aliphatic heterocycles. The van der Waals surface area contributed by atoms with Gasteiger partial charge in [0.15, 0.2) is 6.29 Å². The van der Waals surface area contributed by atoms with E-state index >= 15 is 0 Å². The Morgan fingerprint density at radius 2 is 1.66 bits per heavy atom. The SMILES string of the molecule is C1=CC2=C(CC1)C1CCC=CC1N2C1=CC2=C(CC1)N(C1C=C(C3CC=CCC3)C=C(C3=CCCCC3)C1)C1NC3C=CCCC3N21. The van der Waals surface area contributed by atoms with E-state index in [0.717, 1.165) is 19.3 Å². The molecule has 0 aromatic rings. The molecule has 0 spiro atoms. The van der Waals surface area contributed by atoms with Crippen LogP contribution in [-0.4, -0.2) is 45.2 Å². The van der Waals surface area contributed by atoms with E-state index in [9.17, 15) is 0 Å². The van der Waals surface area contributed by atoms with E-state index in [1.807, 2.05) is 0 Å². The second-order valence-corrected chi connectivity index (χ2v) is 15.8. The third-order valence-electron chi connectivity index (χ3n) is 13.3. The van der Waals surface area contributed by atoms with Crippen molar-refractivity contribution in [3.05, 3.63) is 118 Å². The van der Waals surface area contributed by atoms with E-state index in [1.165, 1.54) is 94.9 Å². The van der Waals surface area contributed by atoms with Crippen LogP contribution < -0.4 is 5.32 Å². The zero-order valence-corrected chi connectivity index (χ0v) is 28.1. The normalized spacial score (nSPS) is 37.3. The maximum Gasteiger partial charge on any atom is 0.159 e. The van der Waals surface area contributed by atoms with Crippen molar-refractivity contribution in [3.8, 4) is 0 Å². The number of rotatable bonds is 4. The van der Waals surface area contributed by atoms with Crippen molar-refractivity contribution >= 4 is 0 Å². The van der Waals surface area contributed by atoms with Crippen molar-refractivity contribution in [2.24, 2.45) is 11.8 Å². The van der Waals surface area contributed by atoms with Crippen LogP contribution in [0.15, 0.2) is 118 Å². The van der Waals surface area contributed by atoms with Crippen LogP contribution in [0.2, 0.25) is 0 Å². The fourth-order valence-electron chi connectivity index (χ4n) is 11.1. The summed E-state index contributed by atoms with van der Waals surface area (Å²) in [5.41, 5.74) is 12.9. The minimum absolute atomic E-state index is 0.243. The van der Waals surface area contributed by atoms with E-state index in [2.05, 4.69) is 92.9 Å². The smallest absolute Gasteiger partial charge is 0.159 e. The summed E-state index contributed by atoms with van der Waals surface area (Å²) >= 11 is 0. The molecule has 7 atom stereocenters. The van der Waals surface area contributed by atoms with Gasteiger partial charge in [-0.2, -0.15) is 0 Å². The van der Waals surface area contributed by atoms with Gasteiger partial charge >= 0.3 is 0 Å². The van der Waals surface area contributed by atoms with Crippen molar-refractivity contribution in [2.45, 2.75) is 133 Å². The average Bonchev–Trinajstić information content (AvgIpc) is 3.79. The monoisotopic (exact) mass is 624 g/mol. The Bertz CT molecular complexity index is 1640. The highest BCUT2D eigenvalue weighted by Gasteiger charge is 2.52. The summed E-state index contributed by atoms with van der Waals surface area (Å²) in [5.74, 6) is 1.36. The summed E-state index contributed by atoms with van der Waals surface area (Å²) in [5, 5.41) is 4.20. The quantitative estimate of drug-likeness (QED) is 0.315. The summed E-state index contributed by atoms with van der Waals surface area (Å²) in [7, 11) is 0. The number of hydrogen-bond acceptors (Lipinski definition) is 4. The zero-order chi connectivity index (χ0) is 30.9. The van der Waals surface area contributed by atoms with Gasteiger partial charge in [-0.1, -0.05) is 60.8 Å². The fourth-order valence-corrected chi connectivity index (χ4v) is 11.1. The summed E-state index contributed by atoms with van der Waals surface area (Å²) in [4.78, 5) is 8.54. The molecule has 0 saturated carbocycles. The van der Waals surface area contributed by atoms with Crippen molar-refractivity contribution < 1.29 is 0 Å². The predicted molar refractivity (Wildman–Crippen MR) is 191 cm³/mol. The van der Waals surface area contributed by atoms with Gasteiger partial charge in [0, 0.05) is 29.1 Å². The lowest BCUT2D eigenvalue weighted by atomic mass is 9.79. The average molecular weight is 625 g/mol. The van der Waals surface area contributed by atoms with E-state index < -0.39 is 0 Å². The Labute approximate surface area is 282 Å². The Morgan fingerprint density at radius 1 is 0.723 bits per heavy atom. The van der Waals surface area contributed by atoms with Gasteiger partial charge in [-0.15, -0.1) is 0 Å². The van der Waals surface area contributed by atoms with E-state index in [1.54, 1.807) is 33.7 Å². The van der Waals surface area contributed by atoms with Gasteiger partial charge in [-0.25, -0.2) is 0 Å². The van der Waals surface area contributed by atoms with Crippen molar-refractivity contribution in [1.82, 2.24) is 20.0 Å². The first-order valence-electron chi connectivity index (χ1n) is 19.4. The second kappa shape index (κ2) is 11.7. The molecule has 7 unspecified atom stereocenters. The molecular weight excluding hydrogens is 573 g/mol. The number of hydrogen-bond donors (Lipinski definition) is 1. The molecule has 47 heavy (non-hydrogen) atoms. The Morgan fingerprint density at radius 3 is 2.57 bits per heavy atom. The van der Waals surface area contributed by atoms with Crippen LogP contribution in [0.1, 0.15) is 103 Å². The summed E-state index contributed by atoms with van der Waals surface area (Å²) in [6.45, 7) is 0. The van der Waals surface area contributed by atoms with Crippen LogP contribution in [-0.2, 0) is 0 Å². The van der Waals surface area contributed by atoms with Gasteiger partial charge in [0.2, 0.25) is 0 Å². The lowest BCUT2D eigenvalue weighted by molar-refractivity contribution is 0.114. The molecule has 3 heterocycles. The van der Waals surface area contributed by atoms with Gasteiger partial charge in [0.1, 0.15) is 0 Å². The van der Waals surface area contributed by atoms with E-state index in [4.69, 9.17) is 0 Å². The molecule has 10 aliphatic rings. The van der Waals surface area contributed by atoms with Crippen LogP contribution >= 0.6 is 0 Å². The topological polar surface area (TPSA) is 21.8 Å². The maximum absolute atomic E-state index is 4.20. The standard InChI is InChI=1S/C43H52N4/c1-3-13-29(14-4-1)31-25-32(30-15-5-2-6-16-30)27-34(26-31)46-41-24-23-33(28-42(41)47-40-22-12-9-19-37(40)44-43(46)47)45-38-20-10-7-17-35(38)36-18-8-11-21-39(36)45/h1,3,9-11,15,19-21,25-26,28-29,34-35,37-38,40,43-44H,2,4-8,12-14,16-18,22-24,27H2. The molecule has 0 aromatic heterocycles. The number of fused-ring (bicyclic) bond motifs is 6. The third-order valence-corrected chi connectivity index (χ3v) is 13.3. The molecule has 4 heteroatoms. The maximum atomic E-state index is 4.20. The Kier molecular flexibility index (Phi) is 7.17. The van der Waals surface area contributed by atoms with Crippen LogP contribution in [0, 0.1) is 11.8 Å². The molecule has 1 saturated heterocycles. The second-order valence-electron chi connectivity index (χ2n) is 15.8. The lowest BCUT2D eigenvalue weighted by Gasteiger charge is -2.40. The number of allylic oxidation sites excluding steroid dienone is 13. The molecule has 0 aromatic carbocycles. The fraction of sp³-hybridized carbons (Fsp3) is 0.535. The van der Waals surface area contributed by atoms with Crippen molar-refractivity contribution in [1.29, 1.82) is 0 Å². The van der Waals surface area contributed by atoms with Crippen LogP contribution in [0.5, 0.6) is 0 Å². The zero-order valence-electron chi connectivity index (χ0n) is 28.1. The predicted octanol–water partition coefficient (Wildman–Crippen LogP) is 9.20. The molecule has 0 amide bonds. The highest BCUT2D eigenvalue weighted by Crippen LogP contribution is 2.51. The molecule has 1 fully saturated rings. The molecule has 0 radical (unpaired) electrons. The van der Waals surface area contributed by atoms with Crippen molar-refractivity contribution in [2.75, 3.05) is 0 Å². The molecule has 1 N–H and O–H groups in total. The summed E-state index contributed by atoms with van der Waals surface area (Å²) < 4.78 is 0. The Hall–Kier alpha value is -3.24. The minimum Gasteiger partial charge on any atom is -0.338 e. The first kappa shape index (κ1) is 28.7. The van der Waals surface area contributed by atoms with Gasteiger partial charge < -0.3 is 14.7 Å². The number of nitrogens with one attached hydrogen (secondary N) is 1. The van der Waals surface area contributed by atoms with Crippen LogP contribution in [0.4, 0.5) is 0 Å². The molecular formula is C43H52N4. The Balaban J connectivity index is 1.06. The highest BCUT2D eigenvalue weighted by atomic mass is 15.6. The van der Waals surface area contributed by atoms with Gasteiger partial charge in [0.05, 0.1) is 23.8 Å². The minimum atomic E-state index is 0.243. The van der Waals surface area contributed by atoms with Gasteiger partial charge in [-0.05, 0) is 143 Å². The molecule has 10 rings (SSSR count). The van der Waals surface area contributed by atoms with E-state index in [0.29, 0.717) is 36.0 Å². The molecule has 0 bridgehead atoms. The van der Waals surface area contributed by atoms with Gasteiger partial charge in [-0.3, -0.25) is 5.32 Å². The van der Waals surface area contributed by atoms with Crippen LogP contribution in [0.3, 0.4) is 0 Å². The first-order valence-corrected chi connectivity index (χ1v) is 19.4. The lowest BCUT2D eigenvalue weighted by Crippen LogP contribution is -2.49. The molecule has 7 aliphatic carbocycles.